The molecule has 0 fully saturated rings. The first kappa shape index (κ1) is 36.3. The van der Waals surface area contributed by atoms with E-state index in [0.717, 1.165) is 117 Å². The summed E-state index contributed by atoms with van der Waals surface area (Å²) in [5.74, 6) is 0.663. The van der Waals surface area contributed by atoms with E-state index in [1.165, 1.54) is 0 Å². The van der Waals surface area contributed by atoms with Crippen molar-refractivity contribution in [3.05, 3.63) is 218 Å². The Morgan fingerprint density at radius 1 is 0.254 bits per heavy atom. The number of hydrogen-bond donors (Lipinski definition) is 0. The Kier molecular flexibility index (Phi) is 8.75. The van der Waals surface area contributed by atoms with Gasteiger partial charge in [-0.25, -0.2) is 19.9 Å². The van der Waals surface area contributed by atoms with Crippen molar-refractivity contribution >= 4 is 43.7 Å². The van der Waals surface area contributed by atoms with Crippen molar-refractivity contribution in [1.29, 1.82) is 0 Å². The second kappa shape index (κ2) is 15.2. The first-order chi connectivity index (χ1) is 31.2. The Morgan fingerprint density at radius 2 is 0.714 bits per heavy atom. The van der Waals surface area contributed by atoms with Crippen LogP contribution >= 0.6 is 0 Å². The smallest absolute Gasteiger partial charge is 0.160 e. The van der Waals surface area contributed by atoms with Crippen LogP contribution in [0.2, 0.25) is 0 Å². The van der Waals surface area contributed by atoms with Crippen LogP contribution in [0.5, 0.6) is 0 Å². The lowest BCUT2D eigenvalue weighted by Gasteiger charge is -2.13. The van der Waals surface area contributed by atoms with E-state index in [4.69, 9.17) is 24.4 Å². The second-order valence-electron chi connectivity index (χ2n) is 15.8. The van der Waals surface area contributed by atoms with Gasteiger partial charge in [-0.15, -0.1) is 0 Å². The number of pyridine rings is 2. The molecular formula is C58H36N4O. The standard InChI is InChI=1S/C58H36N4O/c1-4-12-37(13-5-1)45-32-46(44-28-31-55-49(35-44)48-18-10-11-19-54(48)63-55)34-47(33-45)53-36-52(61-58(62-53)43-16-8-3-9-17-43)40-22-20-39(21-23-40)51-30-27-42-25-24-41-26-29-50(38-14-6-2-7-15-38)59-56(41)57(42)60-51/h1-36H. The molecule has 8 aromatic carbocycles. The van der Waals surface area contributed by atoms with Crippen molar-refractivity contribution in [3.63, 3.8) is 0 Å². The molecule has 12 aromatic rings. The van der Waals surface area contributed by atoms with Crippen molar-refractivity contribution in [2.45, 2.75) is 0 Å². The zero-order chi connectivity index (χ0) is 41.7. The van der Waals surface area contributed by atoms with Gasteiger partial charge in [-0.1, -0.05) is 164 Å². The highest BCUT2D eigenvalue weighted by Crippen LogP contribution is 2.38. The first-order valence-corrected chi connectivity index (χ1v) is 21.1. The Balaban J connectivity index is 0.966. The third-order valence-electron chi connectivity index (χ3n) is 11.9. The summed E-state index contributed by atoms with van der Waals surface area (Å²) >= 11 is 0. The topological polar surface area (TPSA) is 64.7 Å². The van der Waals surface area contributed by atoms with E-state index in [-0.39, 0.29) is 0 Å². The van der Waals surface area contributed by atoms with Crippen LogP contribution in [0.3, 0.4) is 0 Å². The van der Waals surface area contributed by atoms with Crippen LogP contribution in [0.4, 0.5) is 0 Å². The van der Waals surface area contributed by atoms with Crippen LogP contribution in [0.25, 0.3) is 122 Å². The van der Waals surface area contributed by atoms with Crippen LogP contribution in [-0.4, -0.2) is 19.9 Å². The number of hydrogen-bond acceptors (Lipinski definition) is 5. The molecule has 294 valence electrons. The van der Waals surface area contributed by atoms with Gasteiger partial charge < -0.3 is 4.42 Å². The summed E-state index contributed by atoms with van der Waals surface area (Å²) in [6, 6.07) is 75.8. The SMILES string of the molecule is c1ccc(-c2cc(-c3ccc4oc5ccccc5c4c3)cc(-c3cc(-c4ccc(-c5ccc6ccc7ccc(-c8ccccc8)nc7c6n5)cc4)nc(-c4ccccc4)n3)c2)cc1. The van der Waals surface area contributed by atoms with Crippen molar-refractivity contribution in [2.24, 2.45) is 0 Å². The average molecular weight is 805 g/mol. The fourth-order valence-electron chi connectivity index (χ4n) is 8.61. The lowest BCUT2D eigenvalue weighted by atomic mass is 9.94. The zero-order valence-electron chi connectivity index (χ0n) is 34.0. The molecule has 0 unspecified atom stereocenters. The van der Waals surface area contributed by atoms with E-state index in [2.05, 4.69) is 170 Å². The molecule has 0 saturated heterocycles. The molecule has 0 aliphatic carbocycles. The number of rotatable bonds is 7. The number of furan rings is 1. The maximum absolute atomic E-state index is 6.20. The summed E-state index contributed by atoms with van der Waals surface area (Å²) in [6.07, 6.45) is 0. The van der Waals surface area contributed by atoms with Crippen molar-refractivity contribution in [1.82, 2.24) is 19.9 Å². The monoisotopic (exact) mass is 804 g/mol. The number of para-hydroxylation sites is 1. The molecule has 0 radical (unpaired) electrons. The molecule has 4 heterocycles. The fourth-order valence-corrected chi connectivity index (χ4v) is 8.61. The predicted molar refractivity (Wildman–Crippen MR) is 258 cm³/mol. The van der Waals surface area contributed by atoms with Gasteiger partial charge in [0.05, 0.1) is 33.8 Å². The number of benzene rings is 8. The Hall–Kier alpha value is -8.54. The summed E-state index contributed by atoms with van der Waals surface area (Å²) < 4.78 is 6.20. The van der Waals surface area contributed by atoms with Crippen molar-refractivity contribution < 1.29 is 4.42 Å². The summed E-state index contributed by atoms with van der Waals surface area (Å²) in [4.78, 5) is 20.8. The molecule has 5 heteroatoms. The summed E-state index contributed by atoms with van der Waals surface area (Å²) in [5.41, 5.74) is 16.5. The van der Waals surface area contributed by atoms with Crippen LogP contribution in [0.1, 0.15) is 0 Å². The lowest BCUT2D eigenvalue weighted by molar-refractivity contribution is 0.669. The minimum Gasteiger partial charge on any atom is -0.456 e. The molecule has 0 aliphatic heterocycles. The molecule has 0 atom stereocenters. The van der Waals surface area contributed by atoms with Crippen LogP contribution in [0.15, 0.2) is 223 Å². The molecule has 0 bridgehead atoms. The molecule has 12 rings (SSSR count). The predicted octanol–water partition coefficient (Wildman–Crippen LogP) is 15.1. The van der Waals surface area contributed by atoms with Gasteiger partial charge in [-0.2, -0.15) is 0 Å². The number of nitrogens with zero attached hydrogens (tertiary/aromatic N) is 4. The van der Waals surface area contributed by atoms with Gasteiger partial charge in [-0.05, 0) is 76.9 Å². The van der Waals surface area contributed by atoms with E-state index in [9.17, 15) is 0 Å². The lowest BCUT2D eigenvalue weighted by Crippen LogP contribution is -1.97. The van der Waals surface area contributed by atoms with Gasteiger partial charge >= 0.3 is 0 Å². The van der Waals surface area contributed by atoms with E-state index in [1.54, 1.807) is 0 Å². The van der Waals surface area contributed by atoms with Gasteiger partial charge in [0, 0.05) is 49.4 Å². The Bertz CT molecular complexity index is 3660. The van der Waals surface area contributed by atoms with Gasteiger partial charge in [-0.3, -0.25) is 0 Å². The van der Waals surface area contributed by atoms with Gasteiger partial charge in [0.1, 0.15) is 11.2 Å². The molecule has 4 aromatic heterocycles. The van der Waals surface area contributed by atoms with Gasteiger partial charge in [0.2, 0.25) is 0 Å². The largest absolute Gasteiger partial charge is 0.456 e. The molecule has 63 heavy (non-hydrogen) atoms. The molecule has 0 spiro atoms. The van der Waals surface area contributed by atoms with Crippen LogP contribution in [0, 0.1) is 0 Å². The maximum Gasteiger partial charge on any atom is 0.160 e. The molecule has 5 nitrogen and oxygen atoms in total. The normalized spacial score (nSPS) is 11.5. The third kappa shape index (κ3) is 6.78. The van der Waals surface area contributed by atoms with E-state index < -0.39 is 0 Å². The number of aromatic nitrogens is 4. The third-order valence-corrected chi connectivity index (χ3v) is 11.9. The second-order valence-corrected chi connectivity index (χ2v) is 15.8. The van der Waals surface area contributed by atoms with E-state index >= 15 is 0 Å². The summed E-state index contributed by atoms with van der Waals surface area (Å²) in [7, 11) is 0. The van der Waals surface area contributed by atoms with Crippen molar-refractivity contribution in [2.75, 3.05) is 0 Å². The van der Waals surface area contributed by atoms with Gasteiger partial charge in [0.25, 0.3) is 0 Å². The quantitative estimate of drug-likeness (QED) is 0.150. The molecular weight excluding hydrogens is 769 g/mol. The van der Waals surface area contributed by atoms with E-state index in [0.29, 0.717) is 5.82 Å². The zero-order valence-corrected chi connectivity index (χ0v) is 34.0. The minimum absolute atomic E-state index is 0.663. The average Bonchev–Trinajstić information content (AvgIpc) is 3.75. The van der Waals surface area contributed by atoms with Gasteiger partial charge in [0.15, 0.2) is 5.82 Å². The summed E-state index contributed by atoms with van der Waals surface area (Å²) in [5, 5.41) is 4.31. The van der Waals surface area contributed by atoms with E-state index in [1.807, 2.05) is 48.5 Å². The molecule has 0 N–H and O–H groups in total. The van der Waals surface area contributed by atoms with Crippen molar-refractivity contribution in [3.8, 4) is 78.7 Å². The fraction of sp³-hybridized carbons (Fsp3) is 0. The van der Waals surface area contributed by atoms with Crippen LogP contribution < -0.4 is 0 Å². The molecule has 0 saturated carbocycles. The molecule has 0 amide bonds. The first-order valence-electron chi connectivity index (χ1n) is 21.1. The highest BCUT2D eigenvalue weighted by atomic mass is 16.3. The minimum atomic E-state index is 0.663. The number of fused-ring (bicyclic) bond motifs is 6. The highest BCUT2D eigenvalue weighted by Gasteiger charge is 2.16. The summed E-state index contributed by atoms with van der Waals surface area (Å²) in [6.45, 7) is 0. The Morgan fingerprint density at radius 3 is 1.37 bits per heavy atom. The Labute approximate surface area is 363 Å². The molecule has 0 aliphatic rings. The van der Waals surface area contributed by atoms with Crippen LogP contribution in [-0.2, 0) is 0 Å². The maximum atomic E-state index is 6.20. The highest BCUT2D eigenvalue weighted by molar-refractivity contribution is 6.07.